The Balaban J connectivity index is 3.76. The third-order valence-electron chi connectivity index (χ3n) is 1.82. The highest BCUT2D eigenvalue weighted by atomic mass is 31.2. The van der Waals surface area contributed by atoms with Crippen LogP contribution >= 0.6 is 7.60 Å². The van der Waals surface area contributed by atoms with Crippen LogP contribution in [-0.2, 0) is 14.1 Å². The van der Waals surface area contributed by atoms with Gasteiger partial charge in [0.15, 0.2) is 0 Å². The zero-order chi connectivity index (χ0) is 11.9. The Hall–Kier alpha value is -0.640. The van der Waals surface area contributed by atoms with E-state index in [2.05, 4.69) is 18.2 Å². The molecule has 0 aliphatic heterocycles. The second-order valence-electron chi connectivity index (χ2n) is 3.19. The van der Waals surface area contributed by atoms with E-state index in [1.807, 2.05) is 0 Å². The molecule has 15 heavy (non-hydrogen) atoms. The summed E-state index contributed by atoms with van der Waals surface area (Å²) in [6.07, 6.45) is 3.76. The fourth-order valence-corrected chi connectivity index (χ4v) is 1.20. The van der Waals surface area contributed by atoms with Crippen molar-refractivity contribution in [2.75, 3.05) is 6.61 Å². The smallest absolute Gasteiger partial charge is 0.362 e. The number of esters is 1. The lowest BCUT2D eigenvalue weighted by atomic mass is 10.2. The average molecular weight is 236 g/mol. The minimum Gasteiger partial charge on any atom is -0.462 e. The van der Waals surface area contributed by atoms with Gasteiger partial charge in [-0.2, -0.15) is 0 Å². The van der Waals surface area contributed by atoms with Crippen LogP contribution in [0.4, 0.5) is 0 Å². The Morgan fingerprint density at radius 2 is 1.93 bits per heavy atom. The highest BCUT2D eigenvalue weighted by molar-refractivity contribution is 7.57. The molecule has 0 radical (unpaired) electrons. The van der Waals surface area contributed by atoms with Gasteiger partial charge in [-0.1, -0.05) is 32.8 Å². The quantitative estimate of drug-likeness (QED) is 0.305. The molecule has 0 unspecified atom stereocenters. The number of rotatable bonds is 7. The van der Waals surface area contributed by atoms with Crippen molar-refractivity contribution in [1.29, 1.82) is 0 Å². The molecule has 0 aromatic rings. The van der Waals surface area contributed by atoms with E-state index in [0.717, 1.165) is 19.3 Å². The maximum absolute atomic E-state index is 11.0. The molecule has 0 heterocycles. The van der Waals surface area contributed by atoms with Gasteiger partial charge in [-0.25, -0.2) is 4.79 Å². The van der Waals surface area contributed by atoms with Gasteiger partial charge in [0.05, 0.1) is 6.61 Å². The molecule has 0 aromatic heterocycles. The second-order valence-corrected chi connectivity index (χ2v) is 4.82. The molecular weight excluding hydrogens is 219 g/mol. The molecule has 0 rings (SSSR count). The topological polar surface area (TPSA) is 83.8 Å². The molecule has 0 aromatic carbocycles. The van der Waals surface area contributed by atoms with E-state index in [4.69, 9.17) is 9.79 Å². The van der Waals surface area contributed by atoms with Gasteiger partial charge in [0, 0.05) is 0 Å². The predicted molar refractivity (Wildman–Crippen MR) is 56.3 cm³/mol. The van der Waals surface area contributed by atoms with Crippen LogP contribution in [0.5, 0.6) is 0 Å². The minimum atomic E-state index is -4.54. The molecule has 0 spiro atoms. The summed E-state index contributed by atoms with van der Waals surface area (Å²) in [4.78, 5) is 28.2. The van der Waals surface area contributed by atoms with Crippen molar-refractivity contribution in [3.05, 3.63) is 11.9 Å². The summed E-state index contributed by atoms with van der Waals surface area (Å²) in [7, 11) is -4.54. The van der Waals surface area contributed by atoms with Crippen LogP contribution in [-0.4, -0.2) is 22.4 Å². The minimum absolute atomic E-state index is 0.178. The number of carbonyl (C=O) groups excluding carboxylic acids is 1. The van der Waals surface area contributed by atoms with E-state index in [0.29, 0.717) is 6.42 Å². The molecule has 0 aliphatic carbocycles. The number of carbonyl (C=O) groups is 1. The number of hydrogen-bond donors (Lipinski definition) is 2. The molecule has 0 aliphatic rings. The third kappa shape index (κ3) is 6.44. The first-order chi connectivity index (χ1) is 6.89. The van der Waals surface area contributed by atoms with Crippen LogP contribution in [0.15, 0.2) is 11.9 Å². The van der Waals surface area contributed by atoms with E-state index in [1.165, 1.54) is 0 Å². The van der Waals surface area contributed by atoms with Gasteiger partial charge in [0.1, 0.15) is 5.31 Å². The van der Waals surface area contributed by atoms with Crippen molar-refractivity contribution in [1.82, 2.24) is 0 Å². The van der Waals surface area contributed by atoms with Crippen molar-refractivity contribution >= 4 is 13.6 Å². The maximum Gasteiger partial charge on any atom is 0.362 e. The molecular formula is C9H17O5P. The van der Waals surface area contributed by atoms with Crippen LogP contribution in [0.1, 0.15) is 32.6 Å². The molecule has 0 atom stereocenters. The largest absolute Gasteiger partial charge is 0.462 e. The normalized spacial score (nSPS) is 11.1. The SMILES string of the molecule is C=C(C(=O)OCCCCCC)P(=O)(O)O. The van der Waals surface area contributed by atoms with Crippen LogP contribution in [0.25, 0.3) is 0 Å². The van der Waals surface area contributed by atoms with Crippen molar-refractivity contribution in [3.8, 4) is 0 Å². The van der Waals surface area contributed by atoms with E-state index in [-0.39, 0.29) is 6.61 Å². The molecule has 2 N–H and O–H groups in total. The summed E-state index contributed by atoms with van der Waals surface area (Å²) in [5.41, 5.74) is 0. The van der Waals surface area contributed by atoms with E-state index in [9.17, 15) is 9.36 Å². The van der Waals surface area contributed by atoms with Crippen molar-refractivity contribution in [2.45, 2.75) is 32.6 Å². The first-order valence-corrected chi connectivity index (χ1v) is 6.43. The summed E-state index contributed by atoms with van der Waals surface area (Å²) in [5, 5.41) is -0.780. The molecule has 0 fully saturated rings. The van der Waals surface area contributed by atoms with Gasteiger partial charge in [-0.3, -0.25) is 4.57 Å². The van der Waals surface area contributed by atoms with E-state index < -0.39 is 18.9 Å². The number of ether oxygens (including phenoxy) is 1. The Morgan fingerprint density at radius 3 is 2.40 bits per heavy atom. The fraction of sp³-hybridized carbons (Fsp3) is 0.667. The first kappa shape index (κ1) is 14.4. The van der Waals surface area contributed by atoms with Crippen LogP contribution in [0.3, 0.4) is 0 Å². The van der Waals surface area contributed by atoms with Gasteiger partial charge < -0.3 is 14.5 Å². The van der Waals surface area contributed by atoms with Gasteiger partial charge >= 0.3 is 13.6 Å². The second kappa shape index (κ2) is 6.77. The Kier molecular flexibility index (Phi) is 6.48. The summed E-state index contributed by atoms with van der Waals surface area (Å²) >= 11 is 0. The lowest BCUT2D eigenvalue weighted by molar-refractivity contribution is -0.138. The van der Waals surface area contributed by atoms with Crippen LogP contribution < -0.4 is 0 Å². The van der Waals surface area contributed by atoms with Gasteiger partial charge in [0.25, 0.3) is 0 Å². The Labute approximate surface area is 89.3 Å². The molecule has 0 bridgehead atoms. The Morgan fingerprint density at radius 1 is 1.33 bits per heavy atom. The predicted octanol–water partition coefficient (Wildman–Crippen LogP) is 1.80. The van der Waals surface area contributed by atoms with E-state index in [1.54, 1.807) is 0 Å². The zero-order valence-corrected chi connectivity index (χ0v) is 9.70. The molecule has 0 saturated heterocycles. The van der Waals surface area contributed by atoms with Crippen molar-refractivity contribution in [3.63, 3.8) is 0 Å². The summed E-state index contributed by atoms with van der Waals surface area (Å²) in [5.74, 6) is -1.01. The zero-order valence-electron chi connectivity index (χ0n) is 8.81. The number of hydrogen-bond acceptors (Lipinski definition) is 3. The molecule has 6 heteroatoms. The molecule has 0 amide bonds. The molecule has 0 saturated carbocycles. The molecule has 5 nitrogen and oxygen atoms in total. The van der Waals surface area contributed by atoms with Gasteiger partial charge in [-0.15, -0.1) is 0 Å². The summed E-state index contributed by atoms with van der Waals surface area (Å²) < 4.78 is 15.2. The highest BCUT2D eigenvalue weighted by Gasteiger charge is 2.26. The van der Waals surface area contributed by atoms with Gasteiger partial charge in [0.2, 0.25) is 0 Å². The lowest BCUT2D eigenvalue weighted by Gasteiger charge is -2.07. The number of unbranched alkanes of at least 4 members (excludes halogenated alkanes) is 3. The third-order valence-corrected chi connectivity index (χ3v) is 2.70. The van der Waals surface area contributed by atoms with Gasteiger partial charge in [-0.05, 0) is 6.42 Å². The van der Waals surface area contributed by atoms with Crippen molar-refractivity contribution < 1.29 is 23.9 Å². The van der Waals surface area contributed by atoms with E-state index >= 15 is 0 Å². The Bertz CT molecular complexity index is 268. The summed E-state index contributed by atoms with van der Waals surface area (Å²) in [6, 6.07) is 0. The summed E-state index contributed by atoms with van der Waals surface area (Å²) in [6.45, 7) is 5.24. The van der Waals surface area contributed by atoms with Crippen LogP contribution in [0, 0.1) is 0 Å². The standard InChI is InChI=1S/C9H17O5P/c1-3-4-5-6-7-14-9(10)8(2)15(11,12)13/h2-7H2,1H3,(H2,11,12,13). The maximum atomic E-state index is 11.0. The first-order valence-electron chi connectivity index (χ1n) is 4.81. The monoisotopic (exact) mass is 236 g/mol. The lowest BCUT2D eigenvalue weighted by Crippen LogP contribution is -2.08. The highest BCUT2D eigenvalue weighted by Crippen LogP contribution is 2.44. The van der Waals surface area contributed by atoms with Crippen molar-refractivity contribution in [2.24, 2.45) is 0 Å². The average Bonchev–Trinajstić information content (AvgIpc) is 2.14. The fourth-order valence-electron chi connectivity index (χ4n) is 0.896. The van der Waals surface area contributed by atoms with Crippen LogP contribution in [0.2, 0.25) is 0 Å². The molecule has 88 valence electrons.